The number of benzene rings is 3. The van der Waals surface area contributed by atoms with Crippen molar-refractivity contribution in [3.05, 3.63) is 90.0 Å². The summed E-state index contributed by atoms with van der Waals surface area (Å²) in [7, 11) is -2.71. The number of para-hydroxylation sites is 2. The molecule has 9 heteroatoms. The second-order valence-electron chi connectivity index (χ2n) is 9.91. The number of carbonyl (C=O) groups excluding carboxylic acids is 2. The summed E-state index contributed by atoms with van der Waals surface area (Å²) in [6, 6.07) is 21.9. The highest BCUT2D eigenvalue weighted by Crippen LogP contribution is 2.32. The molecule has 0 saturated carbocycles. The van der Waals surface area contributed by atoms with Gasteiger partial charge in [-0.15, -0.1) is 0 Å². The Balaban J connectivity index is 2.05. The fraction of sp³-hybridized carbons (Fsp3) is 0.355. The van der Waals surface area contributed by atoms with Crippen molar-refractivity contribution in [2.45, 2.75) is 57.5 Å². The number of rotatable bonds is 13. The molecule has 0 aliphatic rings. The van der Waals surface area contributed by atoms with Crippen LogP contribution in [-0.2, 0) is 26.0 Å². The lowest BCUT2D eigenvalue weighted by Crippen LogP contribution is -2.54. The van der Waals surface area contributed by atoms with Crippen molar-refractivity contribution in [2.24, 2.45) is 0 Å². The molecule has 40 heavy (non-hydrogen) atoms. The van der Waals surface area contributed by atoms with Crippen LogP contribution in [0.3, 0.4) is 0 Å². The number of carbonyl (C=O) groups is 2. The molecule has 0 aliphatic heterocycles. The van der Waals surface area contributed by atoms with E-state index in [-0.39, 0.29) is 29.1 Å². The van der Waals surface area contributed by atoms with Gasteiger partial charge in [0.05, 0.1) is 17.7 Å². The second-order valence-corrected chi connectivity index (χ2v) is 11.8. The van der Waals surface area contributed by atoms with Crippen molar-refractivity contribution in [1.29, 1.82) is 0 Å². The Morgan fingerprint density at radius 3 is 2.15 bits per heavy atom. The fourth-order valence-corrected chi connectivity index (χ4v) is 5.89. The van der Waals surface area contributed by atoms with E-state index in [4.69, 9.17) is 4.74 Å². The third-order valence-electron chi connectivity index (χ3n) is 6.54. The van der Waals surface area contributed by atoms with Crippen LogP contribution < -0.4 is 14.4 Å². The average Bonchev–Trinajstić information content (AvgIpc) is 2.94. The number of amides is 2. The maximum absolute atomic E-state index is 14.1. The number of nitrogens with one attached hydrogen (secondary N) is 1. The minimum absolute atomic E-state index is 0.0530. The summed E-state index contributed by atoms with van der Waals surface area (Å²) < 4.78 is 34.5. The van der Waals surface area contributed by atoms with Crippen LogP contribution in [0.15, 0.2) is 83.8 Å². The SMILES string of the molecule is CCC(C(=O)NC(C)C)N(CCc1ccccc1)C(=O)CN(c1ccccc1OC)S(=O)(=O)c1ccc(C)cc1. The van der Waals surface area contributed by atoms with E-state index in [1.165, 1.54) is 24.1 Å². The molecule has 0 heterocycles. The third-order valence-corrected chi connectivity index (χ3v) is 8.32. The van der Waals surface area contributed by atoms with Gasteiger partial charge in [0.1, 0.15) is 18.3 Å². The molecular formula is C31H39N3O5S. The highest BCUT2D eigenvalue weighted by atomic mass is 32.2. The molecule has 8 nitrogen and oxygen atoms in total. The van der Waals surface area contributed by atoms with Crippen LogP contribution in [0.1, 0.15) is 38.3 Å². The topological polar surface area (TPSA) is 96.0 Å². The molecule has 1 atom stereocenters. The first-order valence-electron chi connectivity index (χ1n) is 13.4. The quantitative estimate of drug-likeness (QED) is 0.328. The van der Waals surface area contributed by atoms with Crippen LogP contribution in [0.4, 0.5) is 5.69 Å². The zero-order valence-corrected chi connectivity index (χ0v) is 24.6. The zero-order chi connectivity index (χ0) is 29.3. The Kier molecular flexibility index (Phi) is 10.7. The maximum atomic E-state index is 14.1. The normalized spacial score (nSPS) is 12.1. The van der Waals surface area contributed by atoms with E-state index in [1.54, 1.807) is 36.4 Å². The Morgan fingerprint density at radius 2 is 1.55 bits per heavy atom. The first-order valence-corrected chi connectivity index (χ1v) is 14.9. The summed E-state index contributed by atoms with van der Waals surface area (Å²) >= 11 is 0. The molecule has 1 unspecified atom stereocenters. The summed E-state index contributed by atoms with van der Waals surface area (Å²) in [5.41, 5.74) is 2.16. The van der Waals surface area contributed by atoms with Gasteiger partial charge in [-0.2, -0.15) is 0 Å². The van der Waals surface area contributed by atoms with Gasteiger partial charge < -0.3 is 15.0 Å². The van der Waals surface area contributed by atoms with Crippen molar-refractivity contribution in [3.8, 4) is 5.75 Å². The van der Waals surface area contributed by atoms with E-state index >= 15 is 0 Å². The van der Waals surface area contributed by atoms with Crippen LogP contribution in [0.5, 0.6) is 5.75 Å². The Morgan fingerprint density at radius 1 is 0.925 bits per heavy atom. The number of nitrogens with zero attached hydrogens (tertiary/aromatic N) is 2. The number of hydrogen-bond acceptors (Lipinski definition) is 5. The largest absolute Gasteiger partial charge is 0.495 e. The molecule has 2 amide bonds. The van der Waals surface area contributed by atoms with E-state index in [1.807, 2.05) is 58.0 Å². The first-order chi connectivity index (χ1) is 19.1. The van der Waals surface area contributed by atoms with Crippen LogP contribution in [0.2, 0.25) is 0 Å². The van der Waals surface area contributed by atoms with Gasteiger partial charge in [-0.25, -0.2) is 8.42 Å². The Labute approximate surface area is 238 Å². The molecule has 214 valence electrons. The molecule has 0 aromatic heterocycles. The summed E-state index contributed by atoms with van der Waals surface area (Å²) in [5.74, 6) is -0.446. The van der Waals surface area contributed by atoms with Crippen LogP contribution >= 0.6 is 0 Å². The van der Waals surface area contributed by atoms with E-state index in [2.05, 4.69) is 5.32 Å². The molecule has 3 aromatic rings. The molecule has 0 aliphatic carbocycles. The van der Waals surface area contributed by atoms with Gasteiger partial charge in [0.15, 0.2) is 0 Å². The minimum atomic E-state index is -4.17. The summed E-state index contributed by atoms with van der Waals surface area (Å²) in [5, 5.41) is 2.91. The van der Waals surface area contributed by atoms with E-state index in [9.17, 15) is 18.0 Å². The van der Waals surface area contributed by atoms with Crippen molar-refractivity contribution in [3.63, 3.8) is 0 Å². The maximum Gasteiger partial charge on any atom is 0.264 e. The van der Waals surface area contributed by atoms with Crippen molar-refractivity contribution in [1.82, 2.24) is 10.2 Å². The molecule has 3 aromatic carbocycles. The van der Waals surface area contributed by atoms with Crippen molar-refractivity contribution < 1.29 is 22.7 Å². The molecule has 3 rings (SSSR count). The van der Waals surface area contributed by atoms with Gasteiger partial charge in [-0.05, 0) is 63.4 Å². The van der Waals surface area contributed by atoms with Gasteiger partial charge in [0, 0.05) is 12.6 Å². The molecule has 0 bridgehead atoms. The predicted molar refractivity (Wildman–Crippen MR) is 158 cm³/mol. The van der Waals surface area contributed by atoms with Gasteiger partial charge in [-0.1, -0.05) is 67.1 Å². The monoisotopic (exact) mass is 565 g/mol. The van der Waals surface area contributed by atoms with E-state index in [0.29, 0.717) is 18.6 Å². The van der Waals surface area contributed by atoms with Gasteiger partial charge in [-0.3, -0.25) is 13.9 Å². The molecule has 0 radical (unpaired) electrons. The molecular weight excluding hydrogens is 526 g/mol. The molecule has 0 spiro atoms. The van der Waals surface area contributed by atoms with Gasteiger partial charge >= 0.3 is 0 Å². The lowest BCUT2D eigenvalue weighted by atomic mass is 10.1. The summed E-state index contributed by atoms with van der Waals surface area (Å²) in [6.07, 6.45) is 0.885. The molecule has 0 fully saturated rings. The number of aryl methyl sites for hydroxylation is 1. The summed E-state index contributed by atoms with van der Waals surface area (Å²) in [4.78, 5) is 28.8. The Hall–Kier alpha value is -3.85. The lowest BCUT2D eigenvalue weighted by Gasteiger charge is -2.33. The highest BCUT2D eigenvalue weighted by molar-refractivity contribution is 7.92. The Bertz CT molecular complexity index is 1380. The number of hydrogen-bond donors (Lipinski definition) is 1. The standard InChI is InChI=1S/C31H39N3O5S/c1-6-27(31(36)32-23(2)3)33(21-20-25-12-8-7-9-13-25)30(35)22-34(28-14-10-11-15-29(28)39-5)40(37,38)26-18-16-24(4)17-19-26/h7-19,23,27H,6,20-22H2,1-5H3,(H,32,36). The molecule has 1 N–H and O–H groups in total. The number of methoxy groups -OCH3 is 1. The minimum Gasteiger partial charge on any atom is -0.495 e. The highest BCUT2D eigenvalue weighted by Gasteiger charge is 2.34. The zero-order valence-electron chi connectivity index (χ0n) is 23.8. The average molecular weight is 566 g/mol. The van der Waals surface area contributed by atoms with Crippen LogP contribution in [0.25, 0.3) is 0 Å². The first kappa shape index (κ1) is 30.7. The fourth-order valence-electron chi connectivity index (χ4n) is 4.46. The predicted octanol–water partition coefficient (Wildman–Crippen LogP) is 4.57. The second kappa shape index (κ2) is 14.0. The van der Waals surface area contributed by atoms with Crippen molar-refractivity contribution in [2.75, 3.05) is 24.5 Å². The lowest BCUT2D eigenvalue weighted by molar-refractivity contribution is -0.139. The number of ether oxygens (including phenoxy) is 1. The molecule has 0 saturated heterocycles. The number of sulfonamides is 1. The van der Waals surface area contributed by atoms with Gasteiger partial charge in [0.2, 0.25) is 11.8 Å². The summed E-state index contributed by atoms with van der Waals surface area (Å²) in [6.45, 7) is 7.18. The van der Waals surface area contributed by atoms with Crippen LogP contribution in [0, 0.1) is 6.92 Å². The number of anilines is 1. The van der Waals surface area contributed by atoms with E-state index < -0.39 is 28.5 Å². The van der Waals surface area contributed by atoms with Gasteiger partial charge in [0.25, 0.3) is 10.0 Å². The smallest absolute Gasteiger partial charge is 0.264 e. The van der Waals surface area contributed by atoms with Crippen LogP contribution in [-0.4, -0.2) is 57.4 Å². The van der Waals surface area contributed by atoms with Crippen molar-refractivity contribution >= 4 is 27.5 Å². The van der Waals surface area contributed by atoms with E-state index in [0.717, 1.165) is 15.4 Å². The third kappa shape index (κ3) is 7.63.